The van der Waals surface area contributed by atoms with Crippen molar-refractivity contribution in [2.45, 2.75) is 26.3 Å². The molecule has 2 aromatic carbocycles. The van der Waals surface area contributed by atoms with Gasteiger partial charge < -0.3 is 5.32 Å². The molecule has 1 N–H and O–H groups in total. The molecule has 0 saturated heterocycles. The quantitative estimate of drug-likeness (QED) is 0.742. The second-order valence-electron chi connectivity index (χ2n) is 5.83. The van der Waals surface area contributed by atoms with Crippen LogP contribution in [-0.4, -0.2) is 10.9 Å². The van der Waals surface area contributed by atoms with E-state index in [0.717, 1.165) is 22.7 Å². The molecule has 0 aliphatic rings. The Hall–Kier alpha value is -2.46. The predicted octanol–water partition coefficient (Wildman–Crippen LogP) is 3.90. The van der Waals surface area contributed by atoms with E-state index in [4.69, 9.17) is 0 Å². The van der Waals surface area contributed by atoms with Crippen molar-refractivity contribution in [2.75, 3.05) is 0 Å². The number of thiazole rings is 1. The Balaban J connectivity index is 1.50. The van der Waals surface area contributed by atoms with Crippen molar-refractivity contribution in [2.24, 2.45) is 0 Å². The van der Waals surface area contributed by atoms with Crippen LogP contribution < -0.4 is 5.32 Å². The summed E-state index contributed by atoms with van der Waals surface area (Å²) >= 11 is 1.61. The standard InChI is InChI=1S/C20H20N2OS/c1-15-7-9-17(10-8-15)13-21-19(23)12-18-14-24-20(22-18)11-16-5-3-2-4-6-16/h2-10,14H,11-13H2,1H3,(H,21,23). The molecular weight excluding hydrogens is 316 g/mol. The lowest BCUT2D eigenvalue weighted by molar-refractivity contribution is -0.120. The van der Waals surface area contributed by atoms with E-state index in [2.05, 4.69) is 41.5 Å². The lowest BCUT2D eigenvalue weighted by Gasteiger charge is -2.04. The summed E-state index contributed by atoms with van der Waals surface area (Å²) in [5.74, 6) is 0.00661. The minimum atomic E-state index is 0.00661. The van der Waals surface area contributed by atoms with Crippen molar-refractivity contribution in [3.63, 3.8) is 0 Å². The topological polar surface area (TPSA) is 42.0 Å². The number of nitrogens with zero attached hydrogens (tertiary/aromatic N) is 1. The van der Waals surface area contributed by atoms with Crippen LogP contribution in [0.15, 0.2) is 60.0 Å². The average molecular weight is 336 g/mol. The molecule has 3 nitrogen and oxygen atoms in total. The van der Waals surface area contributed by atoms with Gasteiger partial charge in [-0.1, -0.05) is 60.2 Å². The van der Waals surface area contributed by atoms with Crippen LogP contribution in [0.5, 0.6) is 0 Å². The highest BCUT2D eigenvalue weighted by molar-refractivity contribution is 7.09. The molecule has 1 heterocycles. The Morgan fingerprint density at radius 3 is 2.54 bits per heavy atom. The first-order valence-electron chi connectivity index (χ1n) is 7.98. The van der Waals surface area contributed by atoms with Crippen LogP contribution >= 0.6 is 11.3 Å². The van der Waals surface area contributed by atoms with Gasteiger partial charge in [-0.3, -0.25) is 4.79 Å². The lowest BCUT2D eigenvalue weighted by Crippen LogP contribution is -2.24. The molecule has 0 bridgehead atoms. The summed E-state index contributed by atoms with van der Waals surface area (Å²) in [6.45, 7) is 2.61. The zero-order chi connectivity index (χ0) is 16.8. The summed E-state index contributed by atoms with van der Waals surface area (Å²) < 4.78 is 0. The van der Waals surface area contributed by atoms with Crippen molar-refractivity contribution >= 4 is 17.2 Å². The van der Waals surface area contributed by atoms with Gasteiger partial charge in [-0.25, -0.2) is 4.98 Å². The van der Waals surface area contributed by atoms with Gasteiger partial charge in [0.2, 0.25) is 5.91 Å². The van der Waals surface area contributed by atoms with E-state index >= 15 is 0 Å². The molecule has 0 unspecified atom stereocenters. The SMILES string of the molecule is Cc1ccc(CNC(=O)Cc2csc(Cc3ccccc3)n2)cc1. The van der Waals surface area contributed by atoms with Crippen molar-refractivity contribution in [1.29, 1.82) is 0 Å². The fourth-order valence-electron chi connectivity index (χ4n) is 2.42. The zero-order valence-electron chi connectivity index (χ0n) is 13.7. The average Bonchev–Trinajstić information content (AvgIpc) is 3.02. The predicted molar refractivity (Wildman–Crippen MR) is 98.1 cm³/mol. The minimum Gasteiger partial charge on any atom is -0.352 e. The Bertz CT molecular complexity index is 794. The summed E-state index contributed by atoms with van der Waals surface area (Å²) in [5.41, 5.74) is 4.41. The first-order chi connectivity index (χ1) is 11.7. The number of benzene rings is 2. The van der Waals surface area contributed by atoms with E-state index in [0.29, 0.717) is 13.0 Å². The van der Waals surface area contributed by atoms with E-state index in [1.807, 2.05) is 35.7 Å². The molecule has 0 spiro atoms. The van der Waals surface area contributed by atoms with Crippen LogP contribution in [0, 0.1) is 6.92 Å². The molecule has 24 heavy (non-hydrogen) atoms. The van der Waals surface area contributed by atoms with Crippen LogP contribution in [0.2, 0.25) is 0 Å². The van der Waals surface area contributed by atoms with E-state index in [1.54, 1.807) is 11.3 Å². The maximum Gasteiger partial charge on any atom is 0.226 e. The number of carbonyl (C=O) groups is 1. The monoisotopic (exact) mass is 336 g/mol. The van der Waals surface area contributed by atoms with Gasteiger partial charge in [0.25, 0.3) is 0 Å². The third-order valence-electron chi connectivity index (χ3n) is 3.75. The Kier molecular flexibility index (Phi) is 5.39. The van der Waals surface area contributed by atoms with Crippen LogP contribution in [0.1, 0.15) is 27.4 Å². The molecule has 0 aliphatic heterocycles. The number of hydrogen-bond donors (Lipinski definition) is 1. The fourth-order valence-corrected chi connectivity index (χ4v) is 3.24. The highest BCUT2D eigenvalue weighted by Crippen LogP contribution is 2.15. The van der Waals surface area contributed by atoms with E-state index < -0.39 is 0 Å². The smallest absolute Gasteiger partial charge is 0.226 e. The maximum atomic E-state index is 12.1. The van der Waals surface area contributed by atoms with Crippen LogP contribution in [0.4, 0.5) is 0 Å². The van der Waals surface area contributed by atoms with Crippen molar-refractivity contribution < 1.29 is 4.79 Å². The first kappa shape index (κ1) is 16.4. The molecule has 1 amide bonds. The maximum absolute atomic E-state index is 12.1. The van der Waals surface area contributed by atoms with Crippen LogP contribution in [0.25, 0.3) is 0 Å². The number of aromatic nitrogens is 1. The van der Waals surface area contributed by atoms with Gasteiger partial charge in [-0.2, -0.15) is 0 Å². The Labute approximate surface area is 146 Å². The number of carbonyl (C=O) groups excluding carboxylic acids is 1. The van der Waals surface area contributed by atoms with Crippen LogP contribution in [0.3, 0.4) is 0 Å². The largest absolute Gasteiger partial charge is 0.352 e. The normalized spacial score (nSPS) is 10.5. The summed E-state index contributed by atoms with van der Waals surface area (Å²) in [5, 5.41) is 5.97. The molecule has 0 aliphatic carbocycles. The molecule has 4 heteroatoms. The molecule has 3 aromatic rings. The van der Waals surface area contributed by atoms with E-state index in [9.17, 15) is 4.79 Å². The van der Waals surface area contributed by atoms with Gasteiger partial charge in [-0.15, -0.1) is 11.3 Å². The van der Waals surface area contributed by atoms with Gasteiger partial charge >= 0.3 is 0 Å². The molecule has 0 saturated carbocycles. The molecule has 0 fully saturated rings. The molecule has 0 radical (unpaired) electrons. The summed E-state index contributed by atoms with van der Waals surface area (Å²) in [7, 11) is 0. The number of aryl methyl sites for hydroxylation is 1. The van der Waals surface area contributed by atoms with Gasteiger partial charge in [0, 0.05) is 18.3 Å². The molecule has 122 valence electrons. The second-order valence-corrected chi connectivity index (χ2v) is 6.78. The van der Waals surface area contributed by atoms with Gasteiger partial charge in [0.05, 0.1) is 17.1 Å². The molecule has 1 aromatic heterocycles. The molecular formula is C20H20N2OS. The van der Waals surface area contributed by atoms with Crippen LogP contribution in [-0.2, 0) is 24.2 Å². The molecule has 3 rings (SSSR count). The van der Waals surface area contributed by atoms with E-state index in [1.165, 1.54) is 11.1 Å². The first-order valence-corrected chi connectivity index (χ1v) is 8.86. The highest BCUT2D eigenvalue weighted by atomic mass is 32.1. The van der Waals surface area contributed by atoms with Gasteiger partial charge in [0.1, 0.15) is 0 Å². The zero-order valence-corrected chi connectivity index (χ0v) is 14.5. The summed E-state index contributed by atoms with van der Waals surface area (Å²) in [4.78, 5) is 16.6. The second kappa shape index (κ2) is 7.88. The number of amides is 1. The van der Waals surface area contributed by atoms with Crippen molar-refractivity contribution in [3.8, 4) is 0 Å². The highest BCUT2D eigenvalue weighted by Gasteiger charge is 2.08. The summed E-state index contributed by atoms with van der Waals surface area (Å²) in [6.07, 6.45) is 1.15. The minimum absolute atomic E-state index is 0.00661. The third-order valence-corrected chi connectivity index (χ3v) is 4.65. The van der Waals surface area contributed by atoms with Crippen molar-refractivity contribution in [3.05, 3.63) is 87.4 Å². The van der Waals surface area contributed by atoms with E-state index in [-0.39, 0.29) is 5.91 Å². The number of hydrogen-bond acceptors (Lipinski definition) is 3. The lowest BCUT2D eigenvalue weighted by atomic mass is 10.1. The summed E-state index contributed by atoms with van der Waals surface area (Å²) in [6, 6.07) is 18.4. The number of nitrogens with one attached hydrogen (secondary N) is 1. The Morgan fingerprint density at radius 1 is 1.04 bits per heavy atom. The third kappa shape index (κ3) is 4.77. The van der Waals surface area contributed by atoms with Gasteiger partial charge in [0.15, 0.2) is 0 Å². The number of rotatable bonds is 6. The van der Waals surface area contributed by atoms with Gasteiger partial charge in [-0.05, 0) is 18.1 Å². The molecule has 0 atom stereocenters. The Morgan fingerprint density at radius 2 is 1.79 bits per heavy atom. The fraction of sp³-hybridized carbons (Fsp3) is 0.200. The van der Waals surface area contributed by atoms with Crippen molar-refractivity contribution in [1.82, 2.24) is 10.3 Å².